The molecular formula is C23H27Cl2N5O4. The summed E-state index contributed by atoms with van der Waals surface area (Å²) in [6.07, 6.45) is 1.31. The van der Waals surface area contributed by atoms with E-state index in [2.05, 4.69) is 15.8 Å². The second-order valence-corrected chi connectivity index (χ2v) is 8.57. The molecule has 0 radical (unpaired) electrons. The molecule has 182 valence electrons. The van der Waals surface area contributed by atoms with E-state index >= 15 is 0 Å². The van der Waals surface area contributed by atoms with Gasteiger partial charge in [0.2, 0.25) is 0 Å². The Labute approximate surface area is 208 Å². The number of anilines is 1. The lowest BCUT2D eigenvalue weighted by Gasteiger charge is -2.21. The summed E-state index contributed by atoms with van der Waals surface area (Å²) in [4.78, 5) is 38.2. The highest BCUT2D eigenvalue weighted by Crippen LogP contribution is 2.28. The highest BCUT2D eigenvalue weighted by molar-refractivity contribution is 6.36. The van der Waals surface area contributed by atoms with Crippen LogP contribution in [0.3, 0.4) is 0 Å². The minimum atomic E-state index is -0.893. The van der Waals surface area contributed by atoms with Gasteiger partial charge in [-0.3, -0.25) is 19.7 Å². The van der Waals surface area contributed by atoms with Gasteiger partial charge in [0.25, 0.3) is 17.5 Å². The van der Waals surface area contributed by atoms with Crippen LogP contribution in [0.15, 0.2) is 41.5 Å². The number of nitrogens with one attached hydrogen (secondary N) is 2. The van der Waals surface area contributed by atoms with Gasteiger partial charge in [-0.2, -0.15) is 5.10 Å². The second-order valence-electron chi connectivity index (χ2n) is 7.73. The average molecular weight is 508 g/mol. The van der Waals surface area contributed by atoms with Gasteiger partial charge in [-0.15, -0.1) is 0 Å². The second kappa shape index (κ2) is 12.3. The number of nitrogens with zero attached hydrogens (tertiary/aromatic N) is 3. The number of hydrogen-bond acceptors (Lipinski definition) is 6. The molecule has 0 aliphatic carbocycles. The van der Waals surface area contributed by atoms with Gasteiger partial charge in [-0.05, 0) is 44.0 Å². The van der Waals surface area contributed by atoms with Crippen molar-refractivity contribution in [3.05, 3.63) is 67.7 Å². The van der Waals surface area contributed by atoms with E-state index in [0.29, 0.717) is 29.4 Å². The first-order valence-corrected chi connectivity index (χ1v) is 11.5. The molecule has 9 nitrogen and oxygen atoms in total. The maximum atomic E-state index is 12.7. The molecule has 0 bridgehead atoms. The quantitative estimate of drug-likeness (QED) is 0.275. The van der Waals surface area contributed by atoms with Gasteiger partial charge >= 0.3 is 0 Å². The molecule has 1 unspecified atom stereocenters. The topological polar surface area (TPSA) is 117 Å². The summed E-state index contributed by atoms with van der Waals surface area (Å²) >= 11 is 11.9. The first kappa shape index (κ1) is 27.1. The zero-order chi connectivity index (χ0) is 25.4. The van der Waals surface area contributed by atoms with E-state index in [4.69, 9.17) is 23.2 Å². The first-order chi connectivity index (χ1) is 16.1. The van der Waals surface area contributed by atoms with Crippen LogP contribution in [0, 0.1) is 16.0 Å². The van der Waals surface area contributed by atoms with Crippen molar-refractivity contribution in [2.75, 3.05) is 18.0 Å². The Bertz CT molecular complexity index is 1090. The molecule has 2 aromatic rings. The molecule has 2 aromatic carbocycles. The van der Waals surface area contributed by atoms with Gasteiger partial charge in [0.15, 0.2) is 0 Å². The lowest BCUT2D eigenvalue weighted by atomic mass is 10.0. The Morgan fingerprint density at radius 2 is 1.82 bits per heavy atom. The van der Waals surface area contributed by atoms with E-state index < -0.39 is 22.8 Å². The summed E-state index contributed by atoms with van der Waals surface area (Å²) < 4.78 is 0. The third-order valence-electron chi connectivity index (χ3n) is 5.10. The standard InChI is InChI=1S/C23H27Cl2N5O4/c1-5-29(6-2)19-10-7-15(11-20(19)30(33)34)13-26-28-23(32)21(14(3)4)27-22(31)17-9-8-16(24)12-18(17)25/h7-14,21H,5-6H2,1-4H3,(H,27,31)(H,28,32)/b26-13-. The maximum Gasteiger partial charge on any atom is 0.293 e. The van der Waals surface area contributed by atoms with Gasteiger partial charge in [-0.25, -0.2) is 5.43 Å². The fourth-order valence-electron chi connectivity index (χ4n) is 3.27. The van der Waals surface area contributed by atoms with Crippen LogP contribution in [0.5, 0.6) is 0 Å². The molecule has 0 saturated carbocycles. The number of halogens is 2. The lowest BCUT2D eigenvalue weighted by molar-refractivity contribution is -0.384. The molecule has 0 fully saturated rings. The number of benzene rings is 2. The van der Waals surface area contributed by atoms with E-state index in [-0.39, 0.29) is 22.2 Å². The highest BCUT2D eigenvalue weighted by Gasteiger charge is 2.25. The third kappa shape index (κ3) is 6.91. The number of rotatable bonds is 10. The zero-order valence-electron chi connectivity index (χ0n) is 19.3. The fourth-order valence-corrected chi connectivity index (χ4v) is 3.76. The van der Waals surface area contributed by atoms with Crippen molar-refractivity contribution in [3.63, 3.8) is 0 Å². The fraction of sp³-hybridized carbons (Fsp3) is 0.348. The van der Waals surface area contributed by atoms with Gasteiger partial charge in [0.1, 0.15) is 11.7 Å². The largest absolute Gasteiger partial charge is 0.367 e. The van der Waals surface area contributed by atoms with Gasteiger partial charge in [0, 0.05) is 29.7 Å². The van der Waals surface area contributed by atoms with Crippen molar-refractivity contribution in [2.45, 2.75) is 33.7 Å². The van der Waals surface area contributed by atoms with Crippen molar-refractivity contribution in [1.29, 1.82) is 0 Å². The van der Waals surface area contributed by atoms with E-state index in [0.717, 1.165) is 0 Å². The molecule has 1 atom stereocenters. The predicted molar refractivity (Wildman–Crippen MR) is 135 cm³/mol. The predicted octanol–water partition coefficient (Wildman–Crippen LogP) is 4.65. The van der Waals surface area contributed by atoms with Crippen LogP contribution < -0.4 is 15.6 Å². The number of nitro groups is 1. The van der Waals surface area contributed by atoms with E-state index in [1.165, 1.54) is 30.5 Å². The monoisotopic (exact) mass is 507 g/mol. The van der Waals surface area contributed by atoms with Crippen LogP contribution in [-0.4, -0.2) is 42.1 Å². The molecule has 2 amide bonds. The van der Waals surface area contributed by atoms with Crippen LogP contribution in [0.2, 0.25) is 10.0 Å². The molecule has 2 N–H and O–H groups in total. The molecule has 0 aromatic heterocycles. The SMILES string of the molecule is CCN(CC)c1ccc(/C=N\NC(=O)C(NC(=O)c2ccc(Cl)cc2Cl)C(C)C)cc1[N+](=O)[O-]. The van der Waals surface area contributed by atoms with Crippen molar-refractivity contribution in [1.82, 2.24) is 10.7 Å². The number of hydrogen-bond donors (Lipinski definition) is 2. The molecule has 0 spiro atoms. The number of nitro benzene ring substituents is 1. The summed E-state index contributed by atoms with van der Waals surface area (Å²) in [6, 6.07) is 8.28. The van der Waals surface area contributed by atoms with Gasteiger partial charge < -0.3 is 10.2 Å². The lowest BCUT2D eigenvalue weighted by Crippen LogP contribution is -2.48. The number of carbonyl (C=O) groups excluding carboxylic acids is 2. The van der Waals surface area contributed by atoms with Crippen LogP contribution in [0.1, 0.15) is 43.6 Å². The summed E-state index contributed by atoms with van der Waals surface area (Å²) in [6.45, 7) is 8.64. The number of carbonyl (C=O) groups is 2. The molecule has 11 heteroatoms. The van der Waals surface area contributed by atoms with Crippen LogP contribution in [-0.2, 0) is 4.79 Å². The van der Waals surface area contributed by atoms with E-state index in [9.17, 15) is 19.7 Å². The van der Waals surface area contributed by atoms with Crippen molar-refractivity contribution in [2.24, 2.45) is 11.0 Å². The maximum absolute atomic E-state index is 12.7. The van der Waals surface area contributed by atoms with Crippen molar-refractivity contribution in [3.8, 4) is 0 Å². The summed E-state index contributed by atoms with van der Waals surface area (Å²) in [5.74, 6) is -1.32. The molecule has 0 heterocycles. The summed E-state index contributed by atoms with van der Waals surface area (Å²) in [5, 5.41) is 18.6. The Kier molecular flexibility index (Phi) is 9.83. The van der Waals surface area contributed by atoms with Crippen molar-refractivity contribution >= 4 is 52.6 Å². The van der Waals surface area contributed by atoms with E-state index in [1.807, 2.05) is 18.7 Å². The molecule has 0 saturated heterocycles. The Hall–Kier alpha value is -3.17. The minimum Gasteiger partial charge on any atom is -0.367 e. The molecule has 2 rings (SSSR count). The minimum absolute atomic E-state index is 0.0499. The highest BCUT2D eigenvalue weighted by atomic mass is 35.5. The normalized spacial score (nSPS) is 12.0. The molecule has 0 aliphatic rings. The number of amides is 2. The number of hydrazone groups is 1. The Balaban J connectivity index is 2.14. The summed E-state index contributed by atoms with van der Waals surface area (Å²) in [5.41, 5.74) is 3.48. The Morgan fingerprint density at radius 1 is 1.15 bits per heavy atom. The molecular weight excluding hydrogens is 481 g/mol. The van der Waals surface area contributed by atoms with Crippen molar-refractivity contribution < 1.29 is 14.5 Å². The zero-order valence-corrected chi connectivity index (χ0v) is 20.9. The van der Waals surface area contributed by atoms with Crippen LogP contribution >= 0.6 is 23.2 Å². The van der Waals surface area contributed by atoms with Gasteiger partial charge in [0.05, 0.1) is 21.7 Å². The third-order valence-corrected chi connectivity index (χ3v) is 5.65. The smallest absolute Gasteiger partial charge is 0.293 e. The molecule has 34 heavy (non-hydrogen) atoms. The first-order valence-electron chi connectivity index (χ1n) is 10.7. The Morgan fingerprint density at radius 3 is 2.38 bits per heavy atom. The molecule has 0 aliphatic heterocycles. The van der Waals surface area contributed by atoms with Crippen LogP contribution in [0.25, 0.3) is 0 Å². The summed E-state index contributed by atoms with van der Waals surface area (Å²) in [7, 11) is 0. The van der Waals surface area contributed by atoms with Gasteiger partial charge in [-0.1, -0.05) is 43.1 Å². The van der Waals surface area contributed by atoms with Crippen LogP contribution in [0.4, 0.5) is 11.4 Å². The van der Waals surface area contributed by atoms with E-state index in [1.54, 1.807) is 26.0 Å². The average Bonchev–Trinajstić information content (AvgIpc) is 2.78.